The van der Waals surface area contributed by atoms with E-state index in [1.807, 2.05) is 18.7 Å². The summed E-state index contributed by atoms with van der Waals surface area (Å²) < 4.78 is 5.19. The first-order valence-electron chi connectivity index (χ1n) is 7.85. The molecule has 1 fully saturated rings. The van der Waals surface area contributed by atoms with Crippen molar-refractivity contribution in [1.29, 1.82) is 0 Å². The summed E-state index contributed by atoms with van der Waals surface area (Å²) in [7, 11) is 1.57. The maximum Gasteiger partial charge on any atom is 0.251 e. The lowest BCUT2D eigenvalue weighted by Gasteiger charge is -2.35. The lowest BCUT2D eigenvalue weighted by Crippen LogP contribution is -2.53. The number of carbonyl (C=O) groups is 2. The van der Waals surface area contributed by atoms with Crippen molar-refractivity contribution in [3.8, 4) is 0 Å². The Kier molecular flexibility index (Phi) is 7.67. The zero-order chi connectivity index (χ0) is 15.8. The fraction of sp³-hybridized carbons (Fsp3) is 0.867. The SMILES string of the molecule is CCC(C)NC(=O)CN1CCN(C(=O)C(CC)OC)CC1. The molecule has 1 heterocycles. The van der Waals surface area contributed by atoms with Gasteiger partial charge in [0.15, 0.2) is 0 Å². The van der Waals surface area contributed by atoms with Crippen LogP contribution < -0.4 is 5.32 Å². The Morgan fingerprint density at radius 1 is 1.14 bits per heavy atom. The van der Waals surface area contributed by atoms with Gasteiger partial charge in [-0.1, -0.05) is 13.8 Å². The number of ether oxygens (including phenoxy) is 1. The molecule has 0 spiro atoms. The van der Waals surface area contributed by atoms with Crippen LogP contribution in [0.3, 0.4) is 0 Å². The van der Waals surface area contributed by atoms with E-state index in [9.17, 15) is 9.59 Å². The van der Waals surface area contributed by atoms with Gasteiger partial charge in [-0.3, -0.25) is 14.5 Å². The van der Waals surface area contributed by atoms with Gasteiger partial charge in [0.25, 0.3) is 5.91 Å². The standard InChI is InChI=1S/C15H29N3O3/c1-5-12(3)16-14(19)11-17-7-9-18(10-8-17)15(20)13(6-2)21-4/h12-13H,5-11H2,1-4H3,(H,16,19). The van der Waals surface area contributed by atoms with Crippen molar-refractivity contribution in [1.82, 2.24) is 15.1 Å². The van der Waals surface area contributed by atoms with E-state index in [1.54, 1.807) is 7.11 Å². The van der Waals surface area contributed by atoms with Crippen molar-refractivity contribution >= 4 is 11.8 Å². The summed E-state index contributed by atoms with van der Waals surface area (Å²) in [5, 5.41) is 2.97. The van der Waals surface area contributed by atoms with E-state index in [-0.39, 0.29) is 24.0 Å². The summed E-state index contributed by atoms with van der Waals surface area (Å²) in [6, 6.07) is 0.215. The van der Waals surface area contributed by atoms with Gasteiger partial charge in [0.05, 0.1) is 6.54 Å². The molecule has 1 saturated heterocycles. The molecule has 1 rings (SSSR count). The summed E-state index contributed by atoms with van der Waals surface area (Å²) in [6.45, 7) is 9.21. The number of piperazine rings is 1. The van der Waals surface area contributed by atoms with E-state index < -0.39 is 0 Å². The Morgan fingerprint density at radius 3 is 2.24 bits per heavy atom. The second kappa shape index (κ2) is 9.00. The summed E-state index contributed by atoms with van der Waals surface area (Å²) >= 11 is 0. The molecule has 6 nitrogen and oxygen atoms in total. The quantitative estimate of drug-likeness (QED) is 0.742. The van der Waals surface area contributed by atoms with Crippen LogP contribution in [0.5, 0.6) is 0 Å². The maximum atomic E-state index is 12.2. The number of hydrogen-bond donors (Lipinski definition) is 1. The molecule has 1 aliphatic heterocycles. The predicted octanol–water partition coefficient (Wildman–Crippen LogP) is 0.470. The van der Waals surface area contributed by atoms with Crippen LogP contribution in [0.15, 0.2) is 0 Å². The van der Waals surface area contributed by atoms with Gasteiger partial charge < -0.3 is 15.0 Å². The lowest BCUT2D eigenvalue weighted by molar-refractivity contribution is -0.144. The number of amides is 2. The third-order valence-corrected chi connectivity index (χ3v) is 4.00. The largest absolute Gasteiger partial charge is 0.372 e. The maximum absolute atomic E-state index is 12.2. The molecule has 2 amide bonds. The Bertz CT molecular complexity index is 337. The molecule has 0 aliphatic carbocycles. The van der Waals surface area contributed by atoms with Crippen molar-refractivity contribution in [3.05, 3.63) is 0 Å². The van der Waals surface area contributed by atoms with Crippen molar-refractivity contribution in [2.75, 3.05) is 39.8 Å². The van der Waals surface area contributed by atoms with Crippen molar-refractivity contribution < 1.29 is 14.3 Å². The van der Waals surface area contributed by atoms with E-state index in [0.717, 1.165) is 19.5 Å². The van der Waals surface area contributed by atoms with Gasteiger partial charge in [0, 0.05) is 39.3 Å². The predicted molar refractivity (Wildman–Crippen MR) is 82.0 cm³/mol. The van der Waals surface area contributed by atoms with Crippen molar-refractivity contribution in [3.63, 3.8) is 0 Å². The van der Waals surface area contributed by atoms with Gasteiger partial charge in [-0.2, -0.15) is 0 Å². The highest BCUT2D eigenvalue weighted by atomic mass is 16.5. The molecule has 0 saturated carbocycles. The molecule has 0 radical (unpaired) electrons. The van der Waals surface area contributed by atoms with E-state index in [2.05, 4.69) is 17.1 Å². The Morgan fingerprint density at radius 2 is 1.76 bits per heavy atom. The highest BCUT2D eigenvalue weighted by Gasteiger charge is 2.26. The van der Waals surface area contributed by atoms with Crippen molar-refractivity contribution in [2.45, 2.75) is 45.8 Å². The number of rotatable bonds is 7. The van der Waals surface area contributed by atoms with Crippen LogP contribution in [0.1, 0.15) is 33.6 Å². The van der Waals surface area contributed by atoms with E-state index in [4.69, 9.17) is 4.74 Å². The third kappa shape index (κ3) is 5.63. The molecule has 0 bridgehead atoms. The number of nitrogens with zero attached hydrogens (tertiary/aromatic N) is 2. The summed E-state index contributed by atoms with van der Waals surface area (Å²) in [5.41, 5.74) is 0. The molecule has 1 aliphatic rings. The number of carbonyl (C=O) groups excluding carboxylic acids is 2. The first-order valence-corrected chi connectivity index (χ1v) is 7.85. The molecular formula is C15H29N3O3. The Labute approximate surface area is 127 Å². The van der Waals surface area contributed by atoms with Gasteiger partial charge in [0.1, 0.15) is 6.10 Å². The third-order valence-electron chi connectivity index (χ3n) is 4.00. The molecule has 0 aromatic heterocycles. The van der Waals surface area contributed by atoms with Crippen LogP contribution in [0.4, 0.5) is 0 Å². The first kappa shape index (κ1) is 17.9. The molecule has 2 atom stereocenters. The van der Waals surface area contributed by atoms with Crippen LogP contribution in [0, 0.1) is 0 Å². The molecule has 21 heavy (non-hydrogen) atoms. The second-order valence-corrected chi connectivity index (χ2v) is 5.61. The van der Waals surface area contributed by atoms with Gasteiger partial charge in [-0.05, 0) is 19.8 Å². The van der Waals surface area contributed by atoms with Gasteiger partial charge in [0.2, 0.25) is 5.91 Å². The van der Waals surface area contributed by atoms with Gasteiger partial charge >= 0.3 is 0 Å². The zero-order valence-corrected chi connectivity index (χ0v) is 13.7. The fourth-order valence-corrected chi connectivity index (χ4v) is 2.40. The molecule has 2 unspecified atom stereocenters. The Balaban J connectivity index is 2.35. The second-order valence-electron chi connectivity index (χ2n) is 5.61. The fourth-order valence-electron chi connectivity index (χ4n) is 2.40. The Hall–Kier alpha value is -1.14. The minimum atomic E-state index is -0.342. The monoisotopic (exact) mass is 299 g/mol. The van der Waals surface area contributed by atoms with E-state index >= 15 is 0 Å². The molecular weight excluding hydrogens is 270 g/mol. The minimum absolute atomic E-state index is 0.0590. The lowest BCUT2D eigenvalue weighted by atomic mass is 10.2. The van der Waals surface area contributed by atoms with Crippen LogP contribution in [0.25, 0.3) is 0 Å². The average Bonchev–Trinajstić information content (AvgIpc) is 2.48. The molecule has 6 heteroatoms. The van der Waals surface area contributed by atoms with Crippen LogP contribution >= 0.6 is 0 Å². The molecule has 0 aromatic carbocycles. The van der Waals surface area contributed by atoms with E-state index in [1.165, 1.54) is 0 Å². The number of nitrogens with one attached hydrogen (secondary N) is 1. The average molecular weight is 299 g/mol. The smallest absolute Gasteiger partial charge is 0.251 e. The summed E-state index contributed by atoms with van der Waals surface area (Å²) in [6.07, 6.45) is 1.28. The summed E-state index contributed by atoms with van der Waals surface area (Å²) in [4.78, 5) is 27.9. The molecule has 122 valence electrons. The number of hydrogen-bond acceptors (Lipinski definition) is 4. The molecule has 0 aromatic rings. The first-order chi connectivity index (χ1) is 10.0. The van der Waals surface area contributed by atoms with Crippen LogP contribution in [-0.4, -0.2) is 73.6 Å². The van der Waals surface area contributed by atoms with Gasteiger partial charge in [-0.15, -0.1) is 0 Å². The minimum Gasteiger partial charge on any atom is -0.372 e. The van der Waals surface area contributed by atoms with Gasteiger partial charge in [-0.25, -0.2) is 0 Å². The topological polar surface area (TPSA) is 61.9 Å². The zero-order valence-electron chi connectivity index (χ0n) is 13.7. The highest BCUT2D eigenvalue weighted by molar-refractivity contribution is 5.81. The van der Waals surface area contributed by atoms with Crippen LogP contribution in [-0.2, 0) is 14.3 Å². The summed E-state index contributed by atoms with van der Waals surface area (Å²) in [5.74, 6) is 0.121. The molecule has 1 N–H and O–H groups in total. The number of methoxy groups -OCH3 is 1. The normalized spacial score (nSPS) is 19.1. The van der Waals surface area contributed by atoms with E-state index in [0.29, 0.717) is 26.1 Å². The van der Waals surface area contributed by atoms with Crippen molar-refractivity contribution in [2.24, 2.45) is 0 Å². The highest BCUT2D eigenvalue weighted by Crippen LogP contribution is 2.07. The van der Waals surface area contributed by atoms with Crippen LogP contribution in [0.2, 0.25) is 0 Å².